The maximum absolute atomic E-state index is 13.3. The summed E-state index contributed by atoms with van der Waals surface area (Å²) < 4.78 is 24.7. The minimum Gasteiger partial charge on any atom is -0.288 e. The number of sulfone groups is 1. The molecule has 0 aromatic heterocycles. The highest BCUT2D eigenvalue weighted by Crippen LogP contribution is 2.38. The summed E-state index contributed by atoms with van der Waals surface area (Å²) in [5.74, 6) is 0.0251. The van der Waals surface area contributed by atoms with Gasteiger partial charge in [-0.15, -0.1) is 0 Å². The molecule has 0 aliphatic carbocycles. The number of nitrogens with zero attached hydrogens (tertiary/aromatic N) is 2. The molecule has 2 atom stereocenters. The smallest absolute Gasteiger partial charge is 0.288 e. The van der Waals surface area contributed by atoms with E-state index in [1.165, 1.54) is 0 Å². The molecule has 26 heavy (non-hydrogen) atoms. The first-order valence-corrected chi connectivity index (χ1v) is 10.6. The van der Waals surface area contributed by atoms with Gasteiger partial charge in [-0.3, -0.25) is 9.80 Å². The second kappa shape index (κ2) is 5.84. The maximum Gasteiger partial charge on any atom is 0.329 e. The van der Waals surface area contributed by atoms with Crippen LogP contribution < -0.4 is 9.80 Å². The number of benzene rings is 2. The van der Waals surface area contributed by atoms with Gasteiger partial charge in [-0.25, -0.2) is 13.2 Å². The van der Waals surface area contributed by atoms with E-state index in [9.17, 15) is 13.2 Å². The summed E-state index contributed by atoms with van der Waals surface area (Å²) in [6.45, 7) is 5.99. The van der Waals surface area contributed by atoms with Gasteiger partial charge in [0, 0.05) is 11.4 Å². The lowest BCUT2D eigenvalue weighted by Crippen LogP contribution is -2.38. The van der Waals surface area contributed by atoms with E-state index in [0.29, 0.717) is 0 Å². The fourth-order valence-electron chi connectivity index (χ4n) is 3.96. The molecular weight excluding hydrogens is 348 g/mol. The summed E-state index contributed by atoms with van der Waals surface area (Å²) in [6, 6.07) is 12.7. The highest BCUT2D eigenvalue weighted by molar-refractivity contribution is 7.91. The Balaban J connectivity index is 1.82. The number of amides is 2. The van der Waals surface area contributed by atoms with Crippen molar-refractivity contribution < 1.29 is 13.2 Å². The normalized spacial score (nSPS) is 24.2. The van der Waals surface area contributed by atoms with E-state index < -0.39 is 9.84 Å². The Morgan fingerprint density at radius 1 is 0.846 bits per heavy atom. The summed E-state index contributed by atoms with van der Waals surface area (Å²) in [5.41, 5.74) is 4.79. The minimum atomic E-state index is -3.17. The number of anilines is 2. The van der Waals surface area contributed by atoms with Crippen molar-refractivity contribution >= 4 is 27.2 Å². The SMILES string of the molecule is Cc1cccc(N2C(=O)N(c3ccc(C)c(C)c3)C3CS(=O)(=O)CC32)c1. The Kier molecular flexibility index (Phi) is 3.84. The van der Waals surface area contributed by atoms with Crippen molar-refractivity contribution in [2.45, 2.75) is 32.9 Å². The van der Waals surface area contributed by atoms with Crippen LogP contribution in [0.2, 0.25) is 0 Å². The van der Waals surface area contributed by atoms with E-state index in [2.05, 4.69) is 0 Å². The number of urea groups is 1. The molecule has 2 aromatic carbocycles. The third kappa shape index (κ3) is 2.69. The van der Waals surface area contributed by atoms with Gasteiger partial charge in [-0.05, 0) is 61.7 Å². The molecule has 0 saturated carbocycles. The summed E-state index contributed by atoms with van der Waals surface area (Å²) in [4.78, 5) is 16.6. The van der Waals surface area contributed by atoms with Crippen LogP contribution in [0.25, 0.3) is 0 Å². The van der Waals surface area contributed by atoms with Crippen LogP contribution in [0.4, 0.5) is 16.2 Å². The predicted octanol–water partition coefficient (Wildman–Crippen LogP) is 3.22. The van der Waals surface area contributed by atoms with Crippen molar-refractivity contribution in [3.8, 4) is 0 Å². The highest BCUT2D eigenvalue weighted by atomic mass is 32.2. The first-order valence-electron chi connectivity index (χ1n) is 8.73. The van der Waals surface area contributed by atoms with Gasteiger partial charge in [0.1, 0.15) is 0 Å². The number of carbonyl (C=O) groups is 1. The molecule has 4 rings (SSSR count). The van der Waals surface area contributed by atoms with E-state index in [1.54, 1.807) is 9.80 Å². The van der Waals surface area contributed by atoms with Crippen molar-refractivity contribution in [1.82, 2.24) is 0 Å². The molecule has 2 unspecified atom stereocenters. The number of fused-ring (bicyclic) bond motifs is 1. The topological polar surface area (TPSA) is 57.7 Å². The monoisotopic (exact) mass is 370 g/mol. The van der Waals surface area contributed by atoms with Gasteiger partial charge in [0.15, 0.2) is 9.84 Å². The standard InChI is InChI=1S/C20H22N2O3S/c1-13-5-4-6-16(9-13)21-18-11-26(24,25)12-19(18)22(20(21)23)17-8-7-14(2)15(3)10-17/h4-10,18-19H,11-12H2,1-3H3. The van der Waals surface area contributed by atoms with Gasteiger partial charge < -0.3 is 0 Å². The molecule has 2 aliphatic rings. The van der Waals surface area contributed by atoms with Crippen LogP contribution in [0.3, 0.4) is 0 Å². The molecule has 5 nitrogen and oxygen atoms in total. The second-order valence-electron chi connectivity index (χ2n) is 7.34. The van der Waals surface area contributed by atoms with Crippen molar-refractivity contribution in [2.24, 2.45) is 0 Å². The van der Waals surface area contributed by atoms with E-state index in [1.807, 2.05) is 63.2 Å². The predicted molar refractivity (Wildman–Crippen MR) is 104 cm³/mol. The number of aryl methyl sites for hydroxylation is 3. The molecule has 136 valence electrons. The minimum absolute atomic E-state index is 0.0125. The first-order chi connectivity index (χ1) is 12.3. The molecule has 2 saturated heterocycles. The summed E-state index contributed by atoms with van der Waals surface area (Å²) in [7, 11) is -3.17. The first kappa shape index (κ1) is 17.1. The Hall–Kier alpha value is -2.34. The number of carbonyl (C=O) groups excluding carboxylic acids is 1. The van der Waals surface area contributed by atoms with Crippen LogP contribution in [-0.2, 0) is 9.84 Å². The molecule has 0 N–H and O–H groups in total. The molecule has 2 aromatic rings. The van der Waals surface area contributed by atoms with Crippen molar-refractivity contribution in [3.05, 3.63) is 59.2 Å². The molecule has 2 heterocycles. The quantitative estimate of drug-likeness (QED) is 0.763. The summed E-state index contributed by atoms with van der Waals surface area (Å²) >= 11 is 0. The van der Waals surface area contributed by atoms with Gasteiger partial charge in [-0.1, -0.05) is 18.2 Å². The number of rotatable bonds is 2. The van der Waals surface area contributed by atoms with E-state index in [-0.39, 0.29) is 29.6 Å². The molecule has 2 amide bonds. The fraction of sp³-hybridized carbons (Fsp3) is 0.350. The van der Waals surface area contributed by atoms with Gasteiger partial charge in [-0.2, -0.15) is 0 Å². The van der Waals surface area contributed by atoms with Crippen LogP contribution in [-0.4, -0.2) is 38.0 Å². The molecule has 0 bridgehead atoms. The molecule has 6 heteroatoms. The second-order valence-corrected chi connectivity index (χ2v) is 9.50. The van der Waals surface area contributed by atoms with Crippen LogP contribution >= 0.6 is 0 Å². The van der Waals surface area contributed by atoms with Gasteiger partial charge in [0.2, 0.25) is 0 Å². The van der Waals surface area contributed by atoms with Gasteiger partial charge in [0.05, 0.1) is 23.6 Å². The van der Waals surface area contributed by atoms with Crippen molar-refractivity contribution in [3.63, 3.8) is 0 Å². The van der Waals surface area contributed by atoms with Crippen molar-refractivity contribution in [1.29, 1.82) is 0 Å². The average molecular weight is 370 g/mol. The Bertz CT molecular complexity index is 1000. The summed E-state index contributed by atoms with van der Waals surface area (Å²) in [6.07, 6.45) is 0. The third-order valence-electron chi connectivity index (χ3n) is 5.42. The number of hydrogen-bond donors (Lipinski definition) is 0. The highest BCUT2D eigenvalue weighted by Gasteiger charge is 2.54. The maximum atomic E-state index is 13.3. The van der Waals surface area contributed by atoms with E-state index >= 15 is 0 Å². The molecular formula is C20H22N2O3S. The Labute approximate surface area is 154 Å². The van der Waals surface area contributed by atoms with Crippen LogP contribution in [0, 0.1) is 20.8 Å². The molecule has 0 spiro atoms. The lowest BCUT2D eigenvalue weighted by molar-refractivity contribution is 0.255. The van der Waals surface area contributed by atoms with Crippen LogP contribution in [0.15, 0.2) is 42.5 Å². The average Bonchev–Trinajstić information content (AvgIpc) is 2.99. The zero-order valence-corrected chi connectivity index (χ0v) is 16.0. The molecule has 2 aliphatic heterocycles. The lowest BCUT2D eigenvalue weighted by atomic mass is 10.1. The zero-order chi connectivity index (χ0) is 18.6. The zero-order valence-electron chi connectivity index (χ0n) is 15.1. The number of hydrogen-bond acceptors (Lipinski definition) is 3. The van der Waals surface area contributed by atoms with Crippen molar-refractivity contribution in [2.75, 3.05) is 21.3 Å². The fourth-order valence-corrected chi connectivity index (χ4v) is 5.88. The Morgan fingerprint density at radius 3 is 2.04 bits per heavy atom. The lowest BCUT2D eigenvalue weighted by Gasteiger charge is -2.23. The van der Waals surface area contributed by atoms with Gasteiger partial charge >= 0.3 is 6.03 Å². The van der Waals surface area contributed by atoms with Crippen LogP contribution in [0.1, 0.15) is 16.7 Å². The Morgan fingerprint density at radius 2 is 1.46 bits per heavy atom. The summed E-state index contributed by atoms with van der Waals surface area (Å²) in [5, 5.41) is 0. The third-order valence-corrected chi connectivity index (χ3v) is 7.12. The van der Waals surface area contributed by atoms with Crippen LogP contribution in [0.5, 0.6) is 0 Å². The van der Waals surface area contributed by atoms with Gasteiger partial charge in [0.25, 0.3) is 0 Å². The van der Waals surface area contributed by atoms with E-state index in [0.717, 1.165) is 28.1 Å². The molecule has 0 radical (unpaired) electrons. The molecule has 2 fully saturated rings. The van der Waals surface area contributed by atoms with E-state index in [4.69, 9.17) is 0 Å². The largest absolute Gasteiger partial charge is 0.329 e.